The molecule has 0 amide bonds. The first-order valence-corrected chi connectivity index (χ1v) is 8.65. The van der Waals surface area contributed by atoms with Crippen LogP contribution in [-0.2, 0) is 5.41 Å². The van der Waals surface area contributed by atoms with Crippen LogP contribution >= 0.6 is 0 Å². The zero-order chi connectivity index (χ0) is 17.6. The number of halogens is 1. The van der Waals surface area contributed by atoms with E-state index in [2.05, 4.69) is 63.2 Å². The van der Waals surface area contributed by atoms with Gasteiger partial charge in [0.15, 0.2) is 0 Å². The Balaban J connectivity index is 2.00. The van der Waals surface area contributed by atoms with Gasteiger partial charge >= 0.3 is 0 Å². The van der Waals surface area contributed by atoms with Crippen molar-refractivity contribution in [2.24, 2.45) is 0 Å². The second kappa shape index (κ2) is 5.70. The molecule has 0 fully saturated rings. The lowest BCUT2D eigenvalue weighted by Crippen LogP contribution is -2.10. The molecule has 0 aliphatic rings. The van der Waals surface area contributed by atoms with E-state index in [9.17, 15) is 4.39 Å². The summed E-state index contributed by atoms with van der Waals surface area (Å²) >= 11 is 0. The van der Waals surface area contributed by atoms with E-state index in [4.69, 9.17) is 0 Å². The molecule has 1 heteroatoms. The van der Waals surface area contributed by atoms with Gasteiger partial charge in [-0.1, -0.05) is 75.4 Å². The number of fused-ring (bicyclic) bond motifs is 3. The molecular formula is C24H21F. The van der Waals surface area contributed by atoms with Gasteiger partial charge in [0, 0.05) is 0 Å². The van der Waals surface area contributed by atoms with Crippen molar-refractivity contribution in [3.05, 3.63) is 84.2 Å². The summed E-state index contributed by atoms with van der Waals surface area (Å²) in [7, 11) is 0. The van der Waals surface area contributed by atoms with Crippen LogP contribution in [0.5, 0.6) is 0 Å². The number of benzene rings is 4. The third-order valence-electron chi connectivity index (χ3n) is 4.88. The minimum atomic E-state index is -0.196. The van der Waals surface area contributed by atoms with Crippen molar-refractivity contribution in [3.63, 3.8) is 0 Å². The monoisotopic (exact) mass is 328 g/mol. The predicted octanol–water partition coefficient (Wildman–Crippen LogP) is 7.10. The summed E-state index contributed by atoms with van der Waals surface area (Å²) in [5, 5.41) is 4.28. The Morgan fingerprint density at radius 2 is 1.40 bits per heavy atom. The van der Waals surface area contributed by atoms with Crippen LogP contribution in [0.25, 0.3) is 32.7 Å². The standard InChI is InChI=1S/C24H21F/c1-24(2,3)18-10-8-16(9-11-18)22-14-17-6-4-5-7-20(17)23-15-19(25)12-13-21(22)23/h4-15H,1-3H3. The van der Waals surface area contributed by atoms with Gasteiger partial charge in [-0.3, -0.25) is 0 Å². The maximum absolute atomic E-state index is 13.9. The van der Waals surface area contributed by atoms with E-state index < -0.39 is 0 Å². The third-order valence-corrected chi connectivity index (χ3v) is 4.88. The van der Waals surface area contributed by atoms with Gasteiger partial charge in [0.2, 0.25) is 0 Å². The first kappa shape index (κ1) is 15.8. The van der Waals surface area contributed by atoms with Gasteiger partial charge in [-0.25, -0.2) is 4.39 Å². The van der Waals surface area contributed by atoms with Gasteiger partial charge in [0.1, 0.15) is 5.82 Å². The first-order chi connectivity index (χ1) is 11.9. The van der Waals surface area contributed by atoms with Gasteiger partial charge in [-0.2, -0.15) is 0 Å². The van der Waals surface area contributed by atoms with Crippen LogP contribution in [0, 0.1) is 5.82 Å². The highest BCUT2D eigenvalue weighted by atomic mass is 19.1. The molecule has 0 aliphatic carbocycles. The second-order valence-corrected chi connectivity index (χ2v) is 7.66. The fraction of sp³-hybridized carbons (Fsp3) is 0.167. The third kappa shape index (κ3) is 2.80. The molecule has 0 aromatic heterocycles. The van der Waals surface area contributed by atoms with E-state index in [0.29, 0.717) is 0 Å². The van der Waals surface area contributed by atoms with Gasteiger partial charge in [0.25, 0.3) is 0 Å². The molecule has 0 saturated carbocycles. The number of hydrogen-bond acceptors (Lipinski definition) is 0. The van der Waals surface area contributed by atoms with Gasteiger partial charge in [-0.15, -0.1) is 0 Å². The summed E-state index contributed by atoms with van der Waals surface area (Å²) < 4.78 is 13.9. The quantitative estimate of drug-likeness (QED) is 0.327. The van der Waals surface area contributed by atoms with Crippen LogP contribution in [0.1, 0.15) is 26.3 Å². The molecule has 25 heavy (non-hydrogen) atoms. The van der Waals surface area contributed by atoms with Crippen molar-refractivity contribution >= 4 is 21.5 Å². The van der Waals surface area contributed by atoms with Crippen molar-refractivity contribution in [2.75, 3.05) is 0 Å². The highest BCUT2D eigenvalue weighted by Crippen LogP contribution is 2.36. The Hall–Kier alpha value is -2.67. The zero-order valence-electron chi connectivity index (χ0n) is 14.8. The average Bonchev–Trinajstić information content (AvgIpc) is 2.60. The summed E-state index contributed by atoms with van der Waals surface area (Å²) in [6, 6.07) is 24.2. The molecule has 4 rings (SSSR count). The van der Waals surface area contributed by atoms with Gasteiger partial charge in [0.05, 0.1) is 0 Å². The van der Waals surface area contributed by atoms with Gasteiger partial charge < -0.3 is 0 Å². The maximum Gasteiger partial charge on any atom is 0.123 e. The Morgan fingerprint density at radius 1 is 0.680 bits per heavy atom. The Labute approximate surface area is 147 Å². The summed E-state index contributed by atoms with van der Waals surface area (Å²) in [4.78, 5) is 0. The highest BCUT2D eigenvalue weighted by molar-refractivity contribution is 6.13. The van der Waals surface area contributed by atoms with Crippen LogP contribution in [-0.4, -0.2) is 0 Å². The number of hydrogen-bond donors (Lipinski definition) is 0. The SMILES string of the molecule is CC(C)(C)c1ccc(-c2cc3ccccc3c3cc(F)ccc23)cc1. The van der Waals surface area contributed by atoms with E-state index in [1.807, 2.05) is 18.2 Å². The molecule has 0 spiro atoms. The predicted molar refractivity (Wildman–Crippen MR) is 106 cm³/mol. The summed E-state index contributed by atoms with van der Waals surface area (Å²) in [6.07, 6.45) is 0. The minimum Gasteiger partial charge on any atom is -0.207 e. The second-order valence-electron chi connectivity index (χ2n) is 7.66. The van der Waals surface area contributed by atoms with Crippen LogP contribution in [0.4, 0.5) is 4.39 Å². The smallest absolute Gasteiger partial charge is 0.123 e. The summed E-state index contributed by atoms with van der Waals surface area (Å²) in [5.74, 6) is -0.196. The molecule has 0 nitrogen and oxygen atoms in total. The van der Waals surface area contributed by atoms with Crippen LogP contribution in [0.15, 0.2) is 72.8 Å². The Bertz CT molecular complexity index is 1070. The van der Waals surface area contributed by atoms with Crippen molar-refractivity contribution in [1.82, 2.24) is 0 Å². The van der Waals surface area contributed by atoms with Crippen LogP contribution < -0.4 is 0 Å². The lowest BCUT2D eigenvalue weighted by atomic mass is 9.85. The fourth-order valence-electron chi connectivity index (χ4n) is 3.46. The molecular weight excluding hydrogens is 307 g/mol. The highest BCUT2D eigenvalue weighted by Gasteiger charge is 2.14. The molecule has 4 aromatic rings. The minimum absolute atomic E-state index is 0.132. The summed E-state index contributed by atoms with van der Waals surface area (Å²) in [6.45, 7) is 6.66. The van der Waals surface area contributed by atoms with Crippen molar-refractivity contribution in [1.29, 1.82) is 0 Å². The molecule has 0 bridgehead atoms. The zero-order valence-corrected chi connectivity index (χ0v) is 14.8. The topological polar surface area (TPSA) is 0 Å². The van der Waals surface area contributed by atoms with E-state index >= 15 is 0 Å². The van der Waals surface area contributed by atoms with E-state index in [1.165, 1.54) is 5.56 Å². The van der Waals surface area contributed by atoms with Crippen molar-refractivity contribution in [3.8, 4) is 11.1 Å². The van der Waals surface area contributed by atoms with Crippen LogP contribution in [0.3, 0.4) is 0 Å². The molecule has 4 aromatic carbocycles. The normalized spacial score (nSPS) is 12.0. The molecule has 0 N–H and O–H groups in total. The fourth-order valence-corrected chi connectivity index (χ4v) is 3.46. The average molecular weight is 328 g/mol. The van der Waals surface area contributed by atoms with E-state index in [0.717, 1.165) is 32.7 Å². The van der Waals surface area contributed by atoms with Crippen molar-refractivity contribution < 1.29 is 4.39 Å². The molecule has 0 aliphatic heterocycles. The molecule has 124 valence electrons. The first-order valence-electron chi connectivity index (χ1n) is 8.65. The number of rotatable bonds is 1. The maximum atomic E-state index is 13.9. The van der Waals surface area contributed by atoms with Gasteiger partial charge in [-0.05, 0) is 61.8 Å². The van der Waals surface area contributed by atoms with Crippen LogP contribution in [0.2, 0.25) is 0 Å². The molecule has 0 unspecified atom stereocenters. The molecule has 0 heterocycles. The van der Waals surface area contributed by atoms with Crippen molar-refractivity contribution in [2.45, 2.75) is 26.2 Å². The summed E-state index contributed by atoms with van der Waals surface area (Å²) in [5.41, 5.74) is 3.75. The lowest BCUT2D eigenvalue weighted by Gasteiger charge is -2.19. The lowest BCUT2D eigenvalue weighted by molar-refractivity contribution is 0.590. The molecule has 0 atom stereocenters. The molecule has 0 saturated heterocycles. The van der Waals surface area contributed by atoms with E-state index in [-0.39, 0.29) is 11.2 Å². The Morgan fingerprint density at radius 3 is 2.12 bits per heavy atom. The largest absolute Gasteiger partial charge is 0.207 e. The molecule has 0 radical (unpaired) electrons. The van der Waals surface area contributed by atoms with E-state index in [1.54, 1.807) is 12.1 Å². The Kier molecular flexibility index (Phi) is 3.61.